The van der Waals surface area contributed by atoms with Gasteiger partial charge in [-0.25, -0.2) is 15.0 Å². The zero-order valence-electron chi connectivity index (χ0n) is 14.4. The molecular weight excluding hydrogens is 302 g/mol. The monoisotopic (exact) mass is 323 g/mol. The highest BCUT2D eigenvalue weighted by molar-refractivity contribution is 5.83. The lowest BCUT2D eigenvalue weighted by Gasteiger charge is -2.10. The summed E-state index contributed by atoms with van der Waals surface area (Å²) in [6.07, 6.45) is 1.69. The van der Waals surface area contributed by atoms with Crippen LogP contribution in [0.3, 0.4) is 0 Å². The number of hydrogen-bond acceptors (Lipinski definition) is 5. The number of anilines is 2. The molecule has 0 radical (unpaired) electrons. The SMILES string of the molecule is CCCc1cc(=O)[nH]c(Nc2nc(C)c3cc(C)c(C)cc3n2)n1. The van der Waals surface area contributed by atoms with E-state index in [-0.39, 0.29) is 5.56 Å². The second-order valence-electron chi connectivity index (χ2n) is 6.05. The van der Waals surface area contributed by atoms with Crippen LogP contribution in [0.4, 0.5) is 11.9 Å². The summed E-state index contributed by atoms with van der Waals surface area (Å²) in [5, 5.41) is 4.05. The summed E-state index contributed by atoms with van der Waals surface area (Å²) >= 11 is 0. The molecule has 0 bridgehead atoms. The van der Waals surface area contributed by atoms with E-state index in [2.05, 4.69) is 52.1 Å². The Labute approximate surface area is 140 Å². The highest BCUT2D eigenvalue weighted by Gasteiger charge is 2.08. The van der Waals surface area contributed by atoms with Gasteiger partial charge in [0, 0.05) is 17.1 Å². The highest BCUT2D eigenvalue weighted by atomic mass is 16.1. The summed E-state index contributed by atoms with van der Waals surface area (Å²) in [6.45, 7) is 8.14. The topological polar surface area (TPSA) is 83.6 Å². The van der Waals surface area contributed by atoms with E-state index in [1.165, 1.54) is 17.2 Å². The van der Waals surface area contributed by atoms with Crippen LogP contribution in [0.15, 0.2) is 23.0 Å². The van der Waals surface area contributed by atoms with Gasteiger partial charge in [-0.1, -0.05) is 13.3 Å². The summed E-state index contributed by atoms with van der Waals surface area (Å²) in [5.74, 6) is 0.800. The second kappa shape index (κ2) is 6.39. The summed E-state index contributed by atoms with van der Waals surface area (Å²) in [7, 11) is 0. The fourth-order valence-electron chi connectivity index (χ4n) is 2.65. The molecule has 0 unspecified atom stereocenters. The molecule has 6 nitrogen and oxygen atoms in total. The van der Waals surface area contributed by atoms with Crippen molar-refractivity contribution in [3.05, 3.63) is 51.1 Å². The Balaban J connectivity index is 2.01. The van der Waals surface area contributed by atoms with Crippen molar-refractivity contribution in [3.8, 4) is 0 Å². The molecule has 0 fully saturated rings. The van der Waals surface area contributed by atoms with E-state index in [4.69, 9.17) is 0 Å². The molecule has 2 aromatic heterocycles. The first-order valence-corrected chi connectivity index (χ1v) is 8.09. The number of aryl methyl sites for hydroxylation is 4. The normalized spacial score (nSPS) is 11.0. The van der Waals surface area contributed by atoms with Crippen molar-refractivity contribution in [2.24, 2.45) is 0 Å². The standard InChI is InChI=1S/C18H21N5O/c1-5-6-13-9-16(24)22-18(20-13)23-17-19-12(4)14-7-10(2)11(3)8-15(14)21-17/h7-9H,5-6H2,1-4H3,(H2,19,20,21,22,23,24). The molecule has 24 heavy (non-hydrogen) atoms. The van der Waals surface area contributed by atoms with Gasteiger partial charge in [-0.05, 0) is 50.5 Å². The van der Waals surface area contributed by atoms with E-state index in [0.29, 0.717) is 11.9 Å². The van der Waals surface area contributed by atoms with Crippen LogP contribution in [0.1, 0.15) is 35.9 Å². The van der Waals surface area contributed by atoms with Crippen LogP contribution in [-0.4, -0.2) is 19.9 Å². The minimum absolute atomic E-state index is 0.181. The van der Waals surface area contributed by atoms with Gasteiger partial charge in [0.05, 0.1) is 11.2 Å². The fourth-order valence-corrected chi connectivity index (χ4v) is 2.65. The first-order chi connectivity index (χ1) is 11.5. The molecule has 0 saturated heterocycles. The predicted molar refractivity (Wildman–Crippen MR) is 95.9 cm³/mol. The molecule has 1 aromatic carbocycles. The maximum atomic E-state index is 11.8. The van der Waals surface area contributed by atoms with E-state index in [1.807, 2.05) is 13.0 Å². The van der Waals surface area contributed by atoms with Crippen LogP contribution in [0, 0.1) is 20.8 Å². The minimum Gasteiger partial charge on any atom is -0.294 e. The molecule has 2 N–H and O–H groups in total. The highest BCUT2D eigenvalue weighted by Crippen LogP contribution is 2.22. The average Bonchev–Trinajstić information content (AvgIpc) is 2.49. The Morgan fingerprint density at radius 1 is 1.04 bits per heavy atom. The van der Waals surface area contributed by atoms with Crippen LogP contribution >= 0.6 is 0 Å². The molecule has 0 spiro atoms. The first-order valence-electron chi connectivity index (χ1n) is 8.09. The van der Waals surface area contributed by atoms with Crippen molar-refractivity contribution in [2.45, 2.75) is 40.5 Å². The van der Waals surface area contributed by atoms with Crippen LogP contribution in [0.25, 0.3) is 10.9 Å². The Kier molecular flexibility index (Phi) is 4.29. The first kappa shape index (κ1) is 16.1. The fraction of sp³-hybridized carbons (Fsp3) is 0.333. The van der Waals surface area contributed by atoms with Crippen LogP contribution in [-0.2, 0) is 6.42 Å². The molecule has 3 aromatic rings. The minimum atomic E-state index is -0.181. The van der Waals surface area contributed by atoms with E-state index in [9.17, 15) is 4.79 Å². The molecule has 2 heterocycles. The molecule has 0 atom stereocenters. The van der Waals surface area contributed by atoms with E-state index < -0.39 is 0 Å². The quantitative estimate of drug-likeness (QED) is 0.769. The van der Waals surface area contributed by atoms with Gasteiger partial charge in [-0.2, -0.15) is 0 Å². The number of benzene rings is 1. The molecule has 6 heteroatoms. The van der Waals surface area contributed by atoms with E-state index in [1.54, 1.807) is 0 Å². The van der Waals surface area contributed by atoms with Crippen molar-refractivity contribution in [2.75, 3.05) is 5.32 Å². The molecule has 0 amide bonds. The maximum absolute atomic E-state index is 11.8. The zero-order chi connectivity index (χ0) is 17.3. The number of fused-ring (bicyclic) bond motifs is 1. The maximum Gasteiger partial charge on any atom is 0.252 e. The van der Waals surface area contributed by atoms with Gasteiger partial charge in [0.15, 0.2) is 0 Å². The summed E-state index contributed by atoms with van der Waals surface area (Å²) in [5.41, 5.74) is 4.74. The third-order valence-electron chi connectivity index (χ3n) is 4.03. The Morgan fingerprint density at radius 2 is 1.79 bits per heavy atom. The molecule has 3 rings (SSSR count). The van der Waals surface area contributed by atoms with Gasteiger partial charge in [-0.15, -0.1) is 0 Å². The molecule has 0 saturated carbocycles. The van der Waals surface area contributed by atoms with Gasteiger partial charge < -0.3 is 0 Å². The Hall–Kier alpha value is -2.76. The lowest BCUT2D eigenvalue weighted by molar-refractivity contribution is 0.869. The van der Waals surface area contributed by atoms with Crippen LogP contribution in [0.2, 0.25) is 0 Å². The summed E-state index contributed by atoms with van der Waals surface area (Å²) in [6, 6.07) is 5.67. The summed E-state index contributed by atoms with van der Waals surface area (Å²) in [4.78, 5) is 27.9. The van der Waals surface area contributed by atoms with Gasteiger partial charge in [0.25, 0.3) is 5.56 Å². The molecule has 0 aliphatic rings. The van der Waals surface area contributed by atoms with Crippen molar-refractivity contribution in [1.82, 2.24) is 19.9 Å². The average molecular weight is 323 g/mol. The smallest absolute Gasteiger partial charge is 0.252 e. The van der Waals surface area contributed by atoms with Crippen LogP contribution in [0.5, 0.6) is 0 Å². The number of aromatic nitrogens is 4. The number of nitrogens with zero attached hydrogens (tertiary/aromatic N) is 3. The largest absolute Gasteiger partial charge is 0.294 e. The zero-order valence-corrected chi connectivity index (χ0v) is 14.4. The van der Waals surface area contributed by atoms with Crippen molar-refractivity contribution >= 4 is 22.8 Å². The van der Waals surface area contributed by atoms with E-state index >= 15 is 0 Å². The van der Waals surface area contributed by atoms with E-state index in [0.717, 1.165) is 35.1 Å². The number of H-pyrrole nitrogens is 1. The number of nitrogens with one attached hydrogen (secondary N) is 2. The molecule has 0 aliphatic carbocycles. The molecule has 124 valence electrons. The number of hydrogen-bond donors (Lipinski definition) is 2. The lowest BCUT2D eigenvalue weighted by Crippen LogP contribution is -2.13. The Morgan fingerprint density at radius 3 is 2.54 bits per heavy atom. The third kappa shape index (κ3) is 3.27. The molecular formula is C18H21N5O. The number of aromatic amines is 1. The van der Waals surface area contributed by atoms with Crippen molar-refractivity contribution in [3.63, 3.8) is 0 Å². The second-order valence-corrected chi connectivity index (χ2v) is 6.05. The van der Waals surface area contributed by atoms with Gasteiger partial charge in [0.2, 0.25) is 11.9 Å². The third-order valence-corrected chi connectivity index (χ3v) is 4.03. The summed E-state index contributed by atoms with van der Waals surface area (Å²) < 4.78 is 0. The Bertz CT molecular complexity index is 962. The van der Waals surface area contributed by atoms with Crippen molar-refractivity contribution in [1.29, 1.82) is 0 Å². The lowest BCUT2D eigenvalue weighted by atomic mass is 10.1. The van der Waals surface area contributed by atoms with Crippen LogP contribution < -0.4 is 10.9 Å². The van der Waals surface area contributed by atoms with Gasteiger partial charge in [0.1, 0.15) is 0 Å². The number of rotatable bonds is 4. The van der Waals surface area contributed by atoms with Gasteiger partial charge in [-0.3, -0.25) is 15.1 Å². The van der Waals surface area contributed by atoms with Gasteiger partial charge >= 0.3 is 0 Å². The predicted octanol–water partition coefficient (Wildman–Crippen LogP) is 3.33. The molecule has 0 aliphatic heterocycles. The van der Waals surface area contributed by atoms with Crippen molar-refractivity contribution < 1.29 is 0 Å².